The average molecular weight is 329 g/mol. The van der Waals surface area contributed by atoms with Crippen molar-refractivity contribution in [2.75, 3.05) is 31.5 Å². The molecule has 0 bridgehead atoms. The second kappa shape index (κ2) is 7.03. The summed E-state index contributed by atoms with van der Waals surface area (Å²) >= 11 is 0. The molecule has 6 nitrogen and oxygen atoms in total. The van der Waals surface area contributed by atoms with Gasteiger partial charge in [-0.05, 0) is 43.5 Å². The van der Waals surface area contributed by atoms with Crippen LogP contribution in [0.1, 0.15) is 36.5 Å². The predicted molar refractivity (Wildman–Crippen MR) is 90.6 cm³/mol. The largest absolute Gasteiger partial charge is 0.341 e. The summed E-state index contributed by atoms with van der Waals surface area (Å²) in [4.78, 5) is 39.6. The molecule has 1 saturated carbocycles. The van der Waals surface area contributed by atoms with Gasteiger partial charge >= 0.3 is 0 Å². The number of nitrogens with zero attached hydrogens (tertiary/aromatic N) is 2. The van der Waals surface area contributed by atoms with Gasteiger partial charge in [0.1, 0.15) is 0 Å². The van der Waals surface area contributed by atoms with Gasteiger partial charge in [-0.2, -0.15) is 0 Å². The Bertz CT molecular complexity index is 637. The highest BCUT2D eigenvalue weighted by Crippen LogP contribution is 2.31. The van der Waals surface area contributed by atoms with E-state index in [1.807, 2.05) is 9.80 Å². The van der Waals surface area contributed by atoms with E-state index in [0.717, 1.165) is 25.8 Å². The summed E-state index contributed by atoms with van der Waals surface area (Å²) in [6.45, 7) is 4.04. The number of hydrogen-bond donors (Lipinski definition) is 1. The molecule has 2 aliphatic rings. The van der Waals surface area contributed by atoms with Crippen LogP contribution < -0.4 is 5.32 Å². The van der Waals surface area contributed by atoms with Crippen molar-refractivity contribution in [3.8, 4) is 0 Å². The van der Waals surface area contributed by atoms with E-state index in [0.29, 0.717) is 30.9 Å². The molecule has 6 heteroatoms. The second-order valence-corrected chi connectivity index (χ2v) is 6.50. The molecule has 2 fully saturated rings. The van der Waals surface area contributed by atoms with Crippen molar-refractivity contribution in [1.29, 1.82) is 0 Å². The topological polar surface area (TPSA) is 69.7 Å². The third kappa shape index (κ3) is 3.93. The maximum Gasteiger partial charge on any atom is 0.253 e. The zero-order valence-corrected chi connectivity index (χ0v) is 14.0. The molecule has 3 rings (SSSR count). The molecule has 0 spiro atoms. The molecule has 1 N–H and O–H groups in total. The Morgan fingerprint density at radius 1 is 0.958 bits per heavy atom. The van der Waals surface area contributed by atoms with Gasteiger partial charge < -0.3 is 15.1 Å². The number of carbonyl (C=O) groups excluding carboxylic acids is 3. The summed E-state index contributed by atoms with van der Waals surface area (Å²) in [5.74, 6) is 0.324. The first-order chi connectivity index (χ1) is 11.5. The average Bonchev–Trinajstić information content (AvgIpc) is 3.40. The lowest BCUT2D eigenvalue weighted by Gasteiger charge is -2.22. The van der Waals surface area contributed by atoms with Crippen molar-refractivity contribution in [2.24, 2.45) is 5.92 Å². The summed E-state index contributed by atoms with van der Waals surface area (Å²) in [6.07, 6.45) is 2.84. The Kier molecular flexibility index (Phi) is 4.83. The summed E-state index contributed by atoms with van der Waals surface area (Å²) in [7, 11) is 0. The lowest BCUT2D eigenvalue weighted by molar-refractivity contribution is -0.132. The molecular formula is C18H23N3O3. The fraction of sp³-hybridized carbons (Fsp3) is 0.500. The second-order valence-electron chi connectivity index (χ2n) is 6.50. The first kappa shape index (κ1) is 16.5. The van der Waals surface area contributed by atoms with Crippen LogP contribution in [-0.4, -0.2) is 53.7 Å². The number of nitrogens with one attached hydrogen (secondary N) is 1. The normalized spacial score (nSPS) is 18.0. The van der Waals surface area contributed by atoms with E-state index in [1.165, 1.54) is 6.92 Å². The van der Waals surface area contributed by atoms with E-state index in [2.05, 4.69) is 5.32 Å². The minimum absolute atomic E-state index is 0.0231. The van der Waals surface area contributed by atoms with Gasteiger partial charge in [-0.15, -0.1) is 0 Å². The first-order valence-corrected chi connectivity index (χ1v) is 8.50. The van der Waals surface area contributed by atoms with E-state index < -0.39 is 0 Å². The summed E-state index contributed by atoms with van der Waals surface area (Å²) in [5.41, 5.74) is 1.28. The Hall–Kier alpha value is -2.37. The van der Waals surface area contributed by atoms with Crippen LogP contribution in [0.3, 0.4) is 0 Å². The van der Waals surface area contributed by atoms with E-state index in [4.69, 9.17) is 0 Å². The van der Waals surface area contributed by atoms with Gasteiger partial charge in [0.15, 0.2) is 0 Å². The Balaban J connectivity index is 1.60. The quantitative estimate of drug-likeness (QED) is 0.918. The number of hydrogen-bond acceptors (Lipinski definition) is 3. The van der Waals surface area contributed by atoms with Gasteiger partial charge in [0.2, 0.25) is 11.8 Å². The maximum absolute atomic E-state index is 12.6. The molecule has 1 heterocycles. The van der Waals surface area contributed by atoms with Crippen LogP contribution >= 0.6 is 0 Å². The fourth-order valence-corrected chi connectivity index (χ4v) is 3.01. The third-order valence-corrected chi connectivity index (χ3v) is 4.47. The van der Waals surface area contributed by atoms with Crippen LogP contribution in [0.15, 0.2) is 24.3 Å². The van der Waals surface area contributed by atoms with Crippen LogP contribution in [0.25, 0.3) is 0 Å². The molecule has 1 aromatic rings. The van der Waals surface area contributed by atoms with E-state index in [1.54, 1.807) is 24.3 Å². The van der Waals surface area contributed by atoms with E-state index in [9.17, 15) is 14.4 Å². The Labute approximate surface area is 141 Å². The smallest absolute Gasteiger partial charge is 0.253 e. The SMILES string of the molecule is CC(=O)Nc1ccc(C(=O)N2CCCN(C(=O)C3CC3)CC2)cc1. The molecule has 1 saturated heterocycles. The minimum atomic E-state index is -0.137. The highest BCUT2D eigenvalue weighted by atomic mass is 16.2. The molecular weight excluding hydrogens is 306 g/mol. The van der Waals surface area contributed by atoms with Gasteiger partial charge in [0.05, 0.1) is 0 Å². The van der Waals surface area contributed by atoms with Crippen molar-refractivity contribution in [2.45, 2.75) is 26.2 Å². The molecule has 3 amide bonds. The van der Waals surface area contributed by atoms with Gasteiger partial charge in [-0.3, -0.25) is 14.4 Å². The third-order valence-electron chi connectivity index (χ3n) is 4.47. The molecule has 0 atom stereocenters. The fourth-order valence-electron chi connectivity index (χ4n) is 3.01. The van der Waals surface area contributed by atoms with Crippen molar-refractivity contribution in [3.63, 3.8) is 0 Å². The highest BCUT2D eigenvalue weighted by molar-refractivity contribution is 5.95. The maximum atomic E-state index is 12.6. The zero-order valence-electron chi connectivity index (χ0n) is 14.0. The van der Waals surface area contributed by atoms with Crippen LogP contribution in [0.2, 0.25) is 0 Å². The lowest BCUT2D eigenvalue weighted by Crippen LogP contribution is -2.37. The molecule has 1 aliphatic carbocycles. The standard InChI is InChI=1S/C18H23N3O3/c1-13(22)19-16-7-5-15(6-8-16)18(24)21-10-2-9-20(11-12-21)17(23)14-3-4-14/h5-8,14H,2-4,9-12H2,1H3,(H,19,22). The molecule has 128 valence electrons. The monoisotopic (exact) mass is 329 g/mol. The highest BCUT2D eigenvalue weighted by Gasteiger charge is 2.34. The minimum Gasteiger partial charge on any atom is -0.341 e. The van der Waals surface area contributed by atoms with Crippen molar-refractivity contribution >= 4 is 23.4 Å². The van der Waals surface area contributed by atoms with Gasteiger partial charge in [-0.1, -0.05) is 0 Å². The summed E-state index contributed by atoms with van der Waals surface area (Å²) < 4.78 is 0. The van der Waals surface area contributed by atoms with Gasteiger partial charge in [0, 0.05) is 50.3 Å². The molecule has 0 radical (unpaired) electrons. The number of amides is 3. The lowest BCUT2D eigenvalue weighted by atomic mass is 10.1. The van der Waals surface area contributed by atoms with Crippen LogP contribution in [0.5, 0.6) is 0 Å². The molecule has 1 aromatic carbocycles. The Morgan fingerprint density at radius 2 is 1.58 bits per heavy atom. The molecule has 0 unspecified atom stereocenters. The number of rotatable bonds is 3. The van der Waals surface area contributed by atoms with Crippen molar-refractivity contribution in [1.82, 2.24) is 9.80 Å². The van der Waals surface area contributed by atoms with Gasteiger partial charge in [-0.25, -0.2) is 0 Å². The van der Waals surface area contributed by atoms with Gasteiger partial charge in [0.25, 0.3) is 5.91 Å². The van der Waals surface area contributed by atoms with Crippen LogP contribution in [0.4, 0.5) is 5.69 Å². The van der Waals surface area contributed by atoms with E-state index >= 15 is 0 Å². The molecule has 24 heavy (non-hydrogen) atoms. The molecule has 0 aromatic heterocycles. The number of carbonyl (C=O) groups is 3. The predicted octanol–water partition coefficient (Wildman–Crippen LogP) is 1.73. The van der Waals surface area contributed by atoms with Crippen LogP contribution in [0, 0.1) is 5.92 Å². The van der Waals surface area contributed by atoms with Crippen molar-refractivity contribution < 1.29 is 14.4 Å². The number of anilines is 1. The van der Waals surface area contributed by atoms with Crippen molar-refractivity contribution in [3.05, 3.63) is 29.8 Å². The van der Waals surface area contributed by atoms with E-state index in [-0.39, 0.29) is 23.6 Å². The molecule has 1 aliphatic heterocycles. The number of benzene rings is 1. The van der Waals surface area contributed by atoms with Crippen LogP contribution in [-0.2, 0) is 9.59 Å². The summed E-state index contributed by atoms with van der Waals surface area (Å²) in [6, 6.07) is 6.92. The zero-order chi connectivity index (χ0) is 17.1. The summed E-state index contributed by atoms with van der Waals surface area (Å²) in [5, 5.41) is 2.69. The first-order valence-electron chi connectivity index (χ1n) is 8.50. The Morgan fingerprint density at radius 3 is 2.21 bits per heavy atom.